The molecular formula is C13H14F2N4. The number of fused-ring (bicyclic) bond motifs is 1. The Morgan fingerprint density at radius 1 is 1.26 bits per heavy atom. The molecular weight excluding hydrogens is 250 g/mol. The molecule has 3 rings (SSSR count). The van der Waals surface area contributed by atoms with Crippen molar-refractivity contribution in [3.8, 4) is 11.4 Å². The van der Waals surface area contributed by atoms with E-state index in [9.17, 15) is 8.78 Å². The average Bonchev–Trinajstić information content (AvgIpc) is 2.84. The van der Waals surface area contributed by atoms with Crippen LogP contribution < -0.4 is 5.73 Å². The van der Waals surface area contributed by atoms with Gasteiger partial charge in [-0.25, -0.2) is 8.78 Å². The summed E-state index contributed by atoms with van der Waals surface area (Å²) in [6.07, 6.45) is 1.81. The maximum Gasteiger partial charge on any atom is 0.164 e. The van der Waals surface area contributed by atoms with Gasteiger partial charge in [0.2, 0.25) is 0 Å². The fourth-order valence-electron chi connectivity index (χ4n) is 2.44. The van der Waals surface area contributed by atoms with Crippen molar-refractivity contribution in [2.45, 2.75) is 19.4 Å². The summed E-state index contributed by atoms with van der Waals surface area (Å²) in [6, 6.07) is 3.77. The first-order chi connectivity index (χ1) is 9.19. The van der Waals surface area contributed by atoms with Crippen molar-refractivity contribution in [2.75, 3.05) is 6.54 Å². The van der Waals surface area contributed by atoms with E-state index in [2.05, 4.69) is 10.2 Å². The van der Waals surface area contributed by atoms with Crippen molar-refractivity contribution in [3.63, 3.8) is 0 Å². The van der Waals surface area contributed by atoms with Crippen molar-refractivity contribution < 1.29 is 8.78 Å². The van der Waals surface area contributed by atoms with Gasteiger partial charge in [0.25, 0.3) is 0 Å². The molecule has 2 aromatic rings. The summed E-state index contributed by atoms with van der Waals surface area (Å²) in [5, 5.41) is 8.20. The first-order valence-electron chi connectivity index (χ1n) is 6.26. The lowest BCUT2D eigenvalue weighted by Gasteiger charge is -2.22. The fourth-order valence-corrected chi connectivity index (χ4v) is 2.44. The smallest absolute Gasteiger partial charge is 0.164 e. The zero-order valence-corrected chi connectivity index (χ0v) is 10.3. The van der Waals surface area contributed by atoms with Crippen LogP contribution in [-0.4, -0.2) is 21.3 Å². The van der Waals surface area contributed by atoms with Gasteiger partial charge in [0.1, 0.15) is 5.82 Å². The molecule has 0 fully saturated rings. The average molecular weight is 264 g/mol. The number of aryl methyl sites for hydroxylation is 1. The van der Waals surface area contributed by atoms with E-state index in [-0.39, 0.29) is 0 Å². The number of hydrogen-bond acceptors (Lipinski definition) is 3. The summed E-state index contributed by atoms with van der Waals surface area (Å²) in [4.78, 5) is 0. The molecule has 1 aromatic heterocycles. The molecule has 1 aliphatic heterocycles. The zero-order valence-electron chi connectivity index (χ0n) is 10.3. The van der Waals surface area contributed by atoms with E-state index in [1.807, 2.05) is 4.57 Å². The largest absolute Gasteiger partial charge is 0.330 e. The summed E-state index contributed by atoms with van der Waals surface area (Å²) >= 11 is 0. The van der Waals surface area contributed by atoms with E-state index in [1.54, 1.807) is 0 Å². The number of benzene rings is 1. The number of hydrogen-bond donors (Lipinski definition) is 1. The number of rotatable bonds is 2. The van der Waals surface area contributed by atoms with Gasteiger partial charge in [-0.3, -0.25) is 0 Å². The standard InChI is InChI=1S/C13H14F2N4/c14-10-3-2-9(5-11(10)15)13-18-17-12-4-1-8(6-16)7-19(12)13/h2-3,5,8H,1,4,6-7,16H2. The van der Waals surface area contributed by atoms with Crippen molar-refractivity contribution >= 4 is 0 Å². The molecule has 100 valence electrons. The third-order valence-corrected chi connectivity index (χ3v) is 3.56. The van der Waals surface area contributed by atoms with Gasteiger partial charge in [-0.05, 0) is 37.1 Å². The van der Waals surface area contributed by atoms with Crippen LogP contribution in [0.15, 0.2) is 18.2 Å². The van der Waals surface area contributed by atoms with Crippen LogP contribution in [0.3, 0.4) is 0 Å². The van der Waals surface area contributed by atoms with Gasteiger partial charge in [-0.15, -0.1) is 10.2 Å². The molecule has 0 saturated carbocycles. The quantitative estimate of drug-likeness (QED) is 0.899. The first kappa shape index (κ1) is 12.2. The Bertz CT molecular complexity index is 609. The maximum absolute atomic E-state index is 13.3. The van der Waals surface area contributed by atoms with E-state index in [1.165, 1.54) is 6.07 Å². The molecule has 6 heteroatoms. The molecule has 0 saturated heterocycles. The minimum absolute atomic E-state index is 0.382. The highest BCUT2D eigenvalue weighted by Gasteiger charge is 2.23. The lowest BCUT2D eigenvalue weighted by molar-refractivity contribution is 0.375. The Morgan fingerprint density at radius 2 is 2.11 bits per heavy atom. The van der Waals surface area contributed by atoms with Crippen LogP contribution in [0.4, 0.5) is 8.78 Å². The number of nitrogens with zero attached hydrogens (tertiary/aromatic N) is 3. The second-order valence-electron chi connectivity index (χ2n) is 4.82. The summed E-state index contributed by atoms with van der Waals surface area (Å²) in [5.74, 6) is 0.104. The van der Waals surface area contributed by atoms with Gasteiger partial charge in [-0.1, -0.05) is 0 Å². The van der Waals surface area contributed by atoms with Crippen LogP contribution in [0.2, 0.25) is 0 Å². The highest BCUT2D eigenvalue weighted by Crippen LogP contribution is 2.26. The van der Waals surface area contributed by atoms with Crippen LogP contribution in [0.25, 0.3) is 11.4 Å². The highest BCUT2D eigenvalue weighted by atomic mass is 19.2. The zero-order chi connectivity index (χ0) is 13.4. The first-order valence-corrected chi connectivity index (χ1v) is 6.26. The molecule has 0 amide bonds. The molecule has 2 N–H and O–H groups in total. The molecule has 1 aliphatic rings. The van der Waals surface area contributed by atoms with Gasteiger partial charge in [0.05, 0.1) is 0 Å². The molecule has 2 heterocycles. The topological polar surface area (TPSA) is 56.7 Å². The summed E-state index contributed by atoms with van der Waals surface area (Å²) < 4.78 is 28.2. The lowest BCUT2D eigenvalue weighted by atomic mass is 9.99. The predicted molar refractivity (Wildman–Crippen MR) is 66.2 cm³/mol. The van der Waals surface area contributed by atoms with Crippen molar-refractivity contribution in [2.24, 2.45) is 11.7 Å². The van der Waals surface area contributed by atoms with E-state index in [0.717, 1.165) is 37.3 Å². The Labute approximate surface area is 109 Å². The van der Waals surface area contributed by atoms with Crippen LogP contribution in [0.1, 0.15) is 12.2 Å². The maximum atomic E-state index is 13.3. The number of nitrogens with two attached hydrogens (primary N) is 1. The van der Waals surface area contributed by atoms with E-state index in [0.29, 0.717) is 23.9 Å². The lowest BCUT2D eigenvalue weighted by Crippen LogP contribution is -2.26. The number of halogens is 2. The number of aromatic nitrogens is 3. The molecule has 1 unspecified atom stereocenters. The normalized spacial score (nSPS) is 18.4. The minimum atomic E-state index is -0.874. The van der Waals surface area contributed by atoms with E-state index >= 15 is 0 Å². The summed E-state index contributed by atoms with van der Waals surface area (Å²) in [5.41, 5.74) is 6.24. The Hall–Kier alpha value is -1.82. The third kappa shape index (κ3) is 2.12. The highest BCUT2D eigenvalue weighted by molar-refractivity contribution is 5.55. The van der Waals surface area contributed by atoms with Crippen LogP contribution in [-0.2, 0) is 13.0 Å². The van der Waals surface area contributed by atoms with Gasteiger partial charge in [0, 0.05) is 18.5 Å². The minimum Gasteiger partial charge on any atom is -0.330 e. The molecule has 0 radical (unpaired) electrons. The third-order valence-electron chi connectivity index (χ3n) is 3.56. The fraction of sp³-hybridized carbons (Fsp3) is 0.385. The molecule has 0 spiro atoms. The second-order valence-corrected chi connectivity index (χ2v) is 4.82. The van der Waals surface area contributed by atoms with E-state index in [4.69, 9.17) is 5.73 Å². The van der Waals surface area contributed by atoms with Crippen LogP contribution >= 0.6 is 0 Å². The van der Waals surface area contributed by atoms with Crippen molar-refractivity contribution in [1.29, 1.82) is 0 Å². The van der Waals surface area contributed by atoms with Gasteiger partial charge in [0.15, 0.2) is 17.5 Å². The van der Waals surface area contributed by atoms with Crippen LogP contribution in [0, 0.1) is 17.6 Å². The molecule has 4 nitrogen and oxygen atoms in total. The molecule has 1 aromatic carbocycles. The summed E-state index contributed by atoms with van der Waals surface area (Å²) in [6.45, 7) is 1.34. The SMILES string of the molecule is NCC1CCc2nnc(-c3ccc(F)c(F)c3)n2C1. The summed E-state index contributed by atoms with van der Waals surface area (Å²) in [7, 11) is 0. The van der Waals surface area contributed by atoms with E-state index < -0.39 is 11.6 Å². The van der Waals surface area contributed by atoms with Crippen LogP contribution in [0.5, 0.6) is 0 Å². The van der Waals surface area contributed by atoms with Gasteiger partial charge in [-0.2, -0.15) is 0 Å². The Kier molecular flexibility index (Phi) is 3.02. The monoisotopic (exact) mass is 264 g/mol. The Morgan fingerprint density at radius 3 is 2.84 bits per heavy atom. The van der Waals surface area contributed by atoms with Crippen molar-refractivity contribution in [3.05, 3.63) is 35.7 Å². The van der Waals surface area contributed by atoms with Crippen molar-refractivity contribution in [1.82, 2.24) is 14.8 Å². The predicted octanol–water partition coefficient (Wildman–Crippen LogP) is 1.74. The molecule has 0 bridgehead atoms. The van der Waals surface area contributed by atoms with Gasteiger partial charge < -0.3 is 10.3 Å². The molecule has 19 heavy (non-hydrogen) atoms. The molecule has 1 atom stereocenters. The second kappa shape index (κ2) is 4.70. The van der Waals surface area contributed by atoms with Gasteiger partial charge >= 0.3 is 0 Å². The molecule has 0 aliphatic carbocycles. The Balaban J connectivity index is 2.02.